The zero-order chi connectivity index (χ0) is 12.4. The number of hydrogen-bond acceptors (Lipinski definition) is 3. The van der Waals surface area contributed by atoms with Crippen LogP contribution < -0.4 is 11.1 Å². The molecule has 1 aromatic carbocycles. The standard InChI is InChI=1S/C12H16N4O/c1-14-12(17)6-9(13)8-3-4-11-10(5-8)15-7-16(11)2/h3-5,7,9H,6,13H2,1-2H3,(H,14,17). The SMILES string of the molecule is CNC(=O)CC(N)c1ccc2c(c1)ncn2C. The van der Waals surface area contributed by atoms with Crippen LogP contribution in [0.15, 0.2) is 24.5 Å². The highest BCUT2D eigenvalue weighted by Gasteiger charge is 2.11. The summed E-state index contributed by atoms with van der Waals surface area (Å²) in [6.07, 6.45) is 2.05. The van der Waals surface area contributed by atoms with Crippen molar-refractivity contribution in [3.8, 4) is 0 Å². The van der Waals surface area contributed by atoms with E-state index in [1.165, 1.54) is 0 Å². The van der Waals surface area contributed by atoms with Gasteiger partial charge in [0.2, 0.25) is 5.91 Å². The molecule has 1 heterocycles. The fourth-order valence-corrected chi connectivity index (χ4v) is 1.80. The van der Waals surface area contributed by atoms with Crippen molar-refractivity contribution < 1.29 is 4.79 Å². The van der Waals surface area contributed by atoms with Gasteiger partial charge in [0, 0.05) is 26.6 Å². The number of amides is 1. The van der Waals surface area contributed by atoms with Crippen LogP contribution in [0.1, 0.15) is 18.0 Å². The Hall–Kier alpha value is -1.88. The van der Waals surface area contributed by atoms with Gasteiger partial charge >= 0.3 is 0 Å². The number of fused-ring (bicyclic) bond motifs is 1. The third kappa shape index (κ3) is 2.29. The van der Waals surface area contributed by atoms with Crippen molar-refractivity contribution >= 4 is 16.9 Å². The van der Waals surface area contributed by atoms with Crippen molar-refractivity contribution in [2.45, 2.75) is 12.5 Å². The summed E-state index contributed by atoms with van der Waals surface area (Å²) in [6, 6.07) is 5.56. The highest BCUT2D eigenvalue weighted by atomic mass is 16.1. The Morgan fingerprint density at radius 2 is 2.35 bits per heavy atom. The van der Waals surface area contributed by atoms with Crippen molar-refractivity contribution in [3.05, 3.63) is 30.1 Å². The topological polar surface area (TPSA) is 72.9 Å². The van der Waals surface area contributed by atoms with Crippen LogP contribution in [0, 0.1) is 0 Å². The smallest absolute Gasteiger partial charge is 0.221 e. The molecule has 2 rings (SSSR count). The molecule has 0 aliphatic carbocycles. The van der Waals surface area contributed by atoms with Crippen molar-refractivity contribution in [1.82, 2.24) is 14.9 Å². The minimum atomic E-state index is -0.290. The summed E-state index contributed by atoms with van der Waals surface area (Å²) in [5, 5.41) is 2.57. The number of nitrogens with two attached hydrogens (primary N) is 1. The lowest BCUT2D eigenvalue weighted by atomic mass is 10.0. The molecule has 0 saturated heterocycles. The van der Waals surface area contributed by atoms with E-state index in [1.807, 2.05) is 29.8 Å². The van der Waals surface area contributed by atoms with Gasteiger partial charge < -0.3 is 15.6 Å². The highest BCUT2D eigenvalue weighted by Crippen LogP contribution is 2.19. The number of hydrogen-bond donors (Lipinski definition) is 2. The molecule has 0 fully saturated rings. The van der Waals surface area contributed by atoms with Gasteiger partial charge in [0.05, 0.1) is 17.4 Å². The first-order valence-electron chi connectivity index (χ1n) is 5.49. The van der Waals surface area contributed by atoms with Crippen molar-refractivity contribution in [2.24, 2.45) is 12.8 Å². The Balaban J connectivity index is 2.26. The molecule has 2 aromatic rings. The Morgan fingerprint density at radius 3 is 3.06 bits per heavy atom. The van der Waals surface area contributed by atoms with Crippen LogP contribution in [0.5, 0.6) is 0 Å². The molecule has 0 spiro atoms. The lowest BCUT2D eigenvalue weighted by molar-refractivity contribution is -0.120. The van der Waals surface area contributed by atoms with Gasteiger partial charge in [0.1, 0.15) is 0 Å². The highest BCUT2D eigenvalue weighted by molar-refractivity contribution is 5.78. The molecule has 0 aliphatic heterocycles. The predicted molar refractivity (Wildman–Crippen MR) is 66.3 cm³/mol. The summed E-state index contributed by atoms with van der Waals surface area (Å²) in [6.45, 7) is 0. The first-order valence-corrected chi connectivity index (χ1v) is 5.49. The fraction of sp³-hybridized carbons (Fsp3) is 0.333. The lowest BCUT2D eigenvalue weighted by Gasteiger charge is -2.10. The van der Waals surface area contributed by atoms with E-state index in [4.69, 9.17) is 5.73 Å². The van der Waals surface area contributed by atoms with E-state index in [2.05, 4.69) is 10.3 Å². The van der Waals surface area contributed by atoms with Gasteiger partial charge in [-0.05, 0) is 17.7 Å². The van der Waals surface area contributed by atoms with E-state index < -0.39 is 0 Å². The molecule has 1 aromatic heterocycles. The first-order chi connectivity index (χ1) is 8.11. The third-order valence-corrected chi connectivity index (χ3v) is 2.86. The van der Waals surface area contributed by atoms with Crippen LogP contribution in [0.25, 0.3) is 11.0 Å². The summed E-state index contributed by atoms with van der Waals surface area (Å²) < 4.78 is 1.95. The van der Waals surface area contributed by atoms with E-state index in [1.54, 1.807) is 13.4 Å². The summed E-state index contributed by atoms with van der Waals surface area (Å²) >= 11 is 0. The number of aryl methyl sites for hydroxylation is 1. The average molecular weight is 232 g/mol. The minimum Gasteiger partial charge on any atom is -0.359 e. The molecule has 17 heavy (non-hydrogen) atoms. The molecule has 0 bridgehead atoms. The number of imidazole rings is 1. The van der Waals surface area contributed by atoms with Crippen LogP contribution >= 0.6 is 0 Å². The van der Waals surface area contributed by atoms with E-state index in [-0.39, 0.29) is 18.4 Å². The maximum Gasteiger partial charge on any atom is 0.221 e. The summed E-state index contributed by atoms with van der Waals surface area (Å²) in [5.41, 5.74) is 8.86. The second-order valence-corrected chi connectivity index (χ2v) is 4.09. The molecular formula is C12H16N4O. The quantitative estimate of drug-likeness (QED) is 0.818. The largest absolute Gasteiger partial charge is 0.359 e. The summed E-state index contributed by atoms with van der Waals surface area (Å²) in [5.74, 6) is -0.0568. The maximum atomic E-state index is 11.3. The van der Waals surface area contributed by atoms with Crippen LogP contribution in [-0.4, -0.2) is 22.5 Å². The second-order valence-electron chi connectivity index (χ2n) is 4.09. The van der Waals surface area contributed by atoms with Gasteiger partial charge in [0.15, 0.2) is 0 Å². The Labute approximate surface area is 99.6 Å². The van der Waals surface area contributed by atoms with E-state index in [0.29, 0.717) is 0 Å². The molecule has 3 N–H and O–H groups in total. The predicted octanol–water partition coefficient (Wildman–Crippen LogP) is 0.709. The number of nitrogens with one attached hydrogen (secondary N) is 1. The van der Waals surface area contributed by atoms with Gasteiger partial charge in [-0.3, -0.25) is 4.79 Å². The molecule has 1 atom stereocenters. The summed E-state index contributed by atoms with van der Waals surface area (Å²) in [7, 11) is 3.55. The van der Waals surface area contributed by atoms with Crippen molar-refractivity contribution in [2.75, 3.05) is 7.05 Å². The zero-order valence-corrected chi connectivity index (χ0v) is 9.97. The van der Waals surface area contributed by atoms with Crippen LogP contribution in [0.2, 0.25) is 0 Å². The Kier molecular flexibility index (Phi) is 3.10. The van der Waals surface area contributed by atoms with Gasteiger partial charge in [0.25, 0.3) is 0 Å². The van der Waals surface area contributed by atoms with Gasteiger partial charge in [-0.15, -0.1) is 0 Å². The maximum absolute atomic E-state index is 11.3. The number of benzene rings is 1. The molecule has 5 nitrogen and oxygen atoms in total. The van der Waals surface area contributed by atoms with Gasteiger partial charge in [-0.2, -0.15) is 0 Å². The molecule has 90 valence electrons. The van der Waals surface area contributed by atoms with Crippen LogP contribution in [0.3, 0.4) is 0 Å². The summed E-state index contributed by atoms with van der Waals surface area (Å²) in [4.78, 5) is 15.5. The number of nitrogens with zero attached hydrogens (tertiary/aromatic N) is 2. The Bertz CT molecular complexity index is 546. The normalized spacial score (nSPS) is 12.6. The average Bonchev–Trinajstić information content (AvgIpc) is 2.70. The molecule has 0 aliphatic rings. The van der Waals surface area contributed by atoms with Gasteiger partial charge in [-0.25, -0.2) is 4.98 Å². The molecule has 0 radical (unpaired) electrons. The lowest BCUT2D eigenvalue weighted by Crippen LogP contribution is -2.24. The second kappa shape index (κ2) is 4.55. The molecule has 1 amide bonds. The third-order valence-electron chi connectivity index (χ3n) is 2.86. The van der Waals surface area contributed by atoms with Crippen LogP contribution in [0.4, 0.5) is 0 Å². The van der Waals surface area contributed by atoms with E-state index in [0.717, 1.165) is 16.6 Å². The minimum absolute atomic E-state index is 0.0568. The van der Waals surface area contributed by atoms with E-state index in [9.17, 15) is 4.79 Å². The molecule has 5 heteroatoms. The number of carbonyl (C=O) groups excluding carboxylic acids is 1. The molecular weight excluding hydrogens is 216 g/mol. The number of aromatic nitrogens is 2. The van der Waals surface area contributed by atoms with Crippen molar-refractivity contribution in [1.29, 1.82) is 0 Å². The van der Waals surface area contributed by atoms with Crippen LogP contribution in [-0.2, 0) is 11.8 Å². The molecule has 0 saturated carbocycles. The fourth-order valence-electron chi connectivity index (χ4n) is 1.80. The Morgan fingerprint density at radius 1 is 1.59 bits per heavy atom. The number of rotatable bonds is 3. The molecule has 1 unspecified atom stereocenters. The number of carbonyl (C=O) groups is 1. The van der Waals surface area contributed by atoms with Gasteiger partial charge in [-0.1, -0.05) is 6.07 Å². The van der Waals surface area contributed by atoms with E-state index >= 15 is 0 Å². The zero-order valence-electron chi connectivity index (χ0n) is 9.97. The first kappa shape index (κ1) is 11.6. The van der Waals surface area contributed by atoms with Crippen molar-refractivity contribution in [3.63, 3.8) is 0 Å². The monoisotopic (exact) mass is 232 g/mol.